The Morgan fingerprint density at radius 1 is 1.31 bits per heavy atom. The number of nitrogens with one attached hydrogen (secondary N) is 2. The summed E-state index contributed by atoms with van der Waals surface area (Å²) < 4.78 is 1.62. The second-order valence-electron chi connectivity index (χ2n) is 6.42. The highest BCUT2D eigenvalue weighted by Gasteiger charge is 2.26. The van der Waals surface area contributed by atoms with E-state index in [1.807, 2.05) is 44.2 Å². The van der Waals surface area contributed by atoms with E-state index in [-0.39, 0.29) is 30.7 Å². The summed E-state index contributed by atoms with van der Waals surface area (Å²) in [5.41, 5.74) is 3.39. The van der Waals surface area contributed by atoms with Crippen molar-refractivity contribution in [2.75, 3.05) is 5.32 Å². The van der Waals surface area contributed by atoms with Gasteiger partial charge in [0.05, 0.1) is 18.9 Å². The molecule has 1 aromatic carbocycles. The van der Waals surface area contributed by atoms with Crippen molar-refractivity contribution in [3.05, 3.63) is 53.1 Å². The van der Waals surface area contributed by atoms with E-state index in [0.717, 1.165) is 22.6 Å². The third-order valence-corrected chi connectivity index (χ3v) is 4.32. The average molecular weight is 350 g/mol. The molecule has 0 spiro atoms. The van der Waals surface area contributed by atoms with Crippen LogP contribution >= 0.6 is 0 Å². The van der Waals surface area contributed by atoms with Crippen molar-refractivity contribution in [1.82, 2.24) is 24.9 Å². The van der Waals surface area contributed by atoms with Gasteiger partial charge < -0.3 is 10.6 Å². The Balaban J connectivity index is 1.53. The molecule has 1 atom stereocenters. The molecule has 2 amide bonds. The van der Waals surface area contributed by atoms with Crippen molar-refractivity contribution in [2.24, 2.45) is 0 Å². The summed E-state index contributed by atoms with van der Waals surface area (Å²) >= 11 is 0. The molecule has 0 saturated heterocycles. The number of fused-ring (bicyclic) bond motifs is 2. The minimum Gasteiger partial charge on any atom is -0.348 e. The molecule has 2 N–H and O–H groups in total. The Bertz CT molecular complexity index is 1030. The predicted octanol–water partition coefficient (Wildman–Crippen LogP) is 1.48. The van der Waals surface area contributed by atoms with Gasteiger partial charge in [-0.05, 0) is 31.5 Å². The number of carbonyl (C=O) groups excluding carboxylic acids is 2. The monoisotopic (exact) mass is 350 g/mol. The molecule has 8 nitrogen and oxygen atoms in total. The normalized spacial score (nSPS) is 16.2. The molecule has 3 heterocycles. The molecule has 8 heteroatoms. The highest BCUT2D eigenvalue weighted by Crippen LogP contribution is 2.29. The molecular weight excluding hydrogens is 332 g/mol. The first-order valence-corrected chi connectivity index (χ1v) is 8.37. The Labute approximate surface area is 149 Å². The quantitative estimate of drug-likeness (QED) is 0.745. The summed E-state index contributed by atoms with van der Waals surface area (Å²) in [6.07, 6.45) is 0.239. The lowest BCUT2D eigenvalue weighted by atomic mass is 9.97. The van der Waals surface area contributed by atoms with E-state index in [9.17, 15) is 9.59 Å². The summed E-state index contributed by atoms with van der Waals surface area (Å²) in [6, 6.07) is 9.01. The van der Waals surface area contributed by atoms with Crippen molar-refractivity contribution >= 4 is 23.3 Å². The van der Waals surface area contributed by atoms with Gasteiger partial charge in [0.15, 0.2) is 5.82 Å². The fourth-order valence-electron chi connectivity index (χ4n) is 3.21. The lowest BCUT2D eigenvalue weighted by Crippen LogP contribution is -2.36. The molecule has 0 fully saturated rings. The second kappa shape index (κ2) is 6.21. The highest BCUT2D eigenvalue weighted by molar-refractivity contribution is 5.95. The Kier molecular flexibility index (Phi) is 3.87. The SMILES string of the molecule is Cc1cc(C)n2nc(CC(=O)NC3CC(=O)Nc4ccccc43)nc2n1. The van der Waals surface area contributed by atoms with E-state index in [1.54, 1.807) is 4.52 Å². The maximum absolute atomic E-state index is 12.5. The third kappa shape index (κ3) is 3.01. The van der Waals surface area contributed by atoms with Crippen molar-refractivity contribution in [2.45, 2.75) is 32.7 Å². The number of aryl methyl sites for hydroxylation is 2. The molecule has 0 bridgehead atoms. The van der Waals surface area contributed by atoms with Crippen LogP contribution in [0.1, 0.15) is 35.2 Å². The van der Waals surface area contributed by atoms with Crippen molar-refractivity contribution < 1.29 is 9.59 Å². The molecule has 132 valence electrons. The molecule has 0 saturated carbocycles. The molecule has 0 aliphatic carbocycles. The van der Waals surface area contributed by atoms with Crippen LogP contribution in [-0.2, 0) is 16.0 Å². The Morgan fingerprint density at radius 2 is 2.12 bits per heavy atom. The van der Waals surface area contributed by atoms with E-state index in [0.29, 0.717) is 11.6 Å². The molecule has 0 radical (unpaired) electrons. The first-order chi connectivity index (χ1) is 12.5. The number of anilines is 1. The van der Waals surface area contributed by atoms with Crippen LogP contribution in [0.2, 0.25) is 0 Å². The van der Waals surface area contributed by atoms with E-state index in [4.69, 9.17) is 0 Å². The Morgan fingerprint density at radius 3 is 2.96 bits per heavy atom. The first-order valence-electron chi connectivity index (χ1n) is 8.37. The first kappa shape index (κ1) is 16.2. The molecule has 4 rings (SSSR count). The maximum atomic E-state index is 12.5. The summed E-state index contributed by atoms with van der Waals surface area (Å²) in [6.45, 7) is 3.80. The number of hydrogen-bond donors (Lipinski definition) is 2. The fourth-order valence-corrected chi connectivity index (χ4v) is 3.21. The average Bonchev–Trinajstić information content (AvgIpc) is 2.97. The van der Waals surface area contributed by atoms with Crippen LogP contribution < -0.4 is 10.6 Å². The van der Waals surface area contributed by atoms with Gasteiger partial charge in [0.2, 0.25) is 11.8 Å². The van der Waals surface area contributed by atoms with Crippen molar-refractivity contribution in [1.29, 1.82) is 0 Å². The van der Waals surface area contributed by atoms with Crippen molar-refractivity contribution in [3.8, 4) is 0 Å². The zero-order valence-corrected chi connectivity index (χ0v) is 14.5. The van der Waals surface area contributed by atoms with Gasteiger partial charge in [-0.3, -0.25) is 9.59 Å². The van der Waals surface area contributed by atoms with Crippen LogP contribution in [0.25, 0.3) is 5.78 Å². The van der Waals surface area contributed by atoms with Gasteiger partial charge in [-0.2, -0.15) is 4.98 Å². The van der Waals surface area contributed by atoms with Crippen LogP contribution in [0.4, 0.5) is 5.69 Å². The topological polar surface area (TPSA) is 101 Å². The van der Waals surface area contributed by atoms with Gasteiger partial charge in [0.25, 0.3) is 5.78 Å². The highest BCUT2D eigenvalue weighted by atomic mass is 16.2. The predicted molar refractivity (Wildman–Crippen MR) is 94.5 cm³/mol. The van der Waals surface area contributed by atoms with Crippen LogP contribution in [0.15, 0.2) is 30.3 Å². The fraction of sp³-hybridized carbons (Fsp3) is 0.278. The molecule has 1 unspecified atom stereocenters. The summed E-state index contributed by atoms with van der Waals surface area (Å²) in [7, 11) is 0. The number of rotatable bonds is 3. The van der Waals surface area contributed by atoms with E-state index in [1.165, 1.54) is 0 Å². The zero-order valence-electron chi connectivity index (χ0n) is 14.5. The van der Waals surface area contributed by atoms with Crippen molar-refractivity contribution in [3.63, 3.8) is 0 Å². The van der Waals surface area contributed by atoms with E-state index >= 15 is 0 Å². The Hall–Kier alpha value is -3.29. The number of hydrogen-bond acceptors (Lipinski definition) is 5. The zero-order chi connectivity index (χ0) is 18.3. The van der Waals surface area contributed by atoms with Gasteiger partial charge >= 0.3 is 0 Å². The lowest BCUT2D eigenvalue weighted by molar-refractivity contribution is -0.122. The summed E-state index contributed by atoms with van der Waals surface area (Å²) in [4.78, 5) is 33.0. The number of carbonyl (C=O) groups is 2. The van der Waals surface area contributed by atoms with Gasteiger partial charge in [-0.25, -0.2) is 9.50 Å². The van der Waals surface area contributed by atoms with Crippen LogP contribution in [0, 0.1) is 13.8 Å². The standard InChI is InChI=1S/C18H18N6O2/c1-10-7-11(2)24-18(19-10)22-15(23-24)9-17(26)21-14-8-16(25)20-13-6-4-3-5-12(13)14/h3-7,14H,8-9H2,1-2H3,(H,20,25)(H,21,26). The van der Waals surface area contributed by atoms with Gasteiger partial charge in [0.1, 0.15) is 0 Å². The second-order valence-corrected chi connectivity index (χ2v) is 6.42. The van der Waals surface area contributed by atoms with Crippen LogP contribution in [0.5, 0.6) is 0 Å². The van der Waals surface area contributed by atoms with E-state index in [2.05, 4.69) is 25.7 Å². The third-order valence-electron chi connectivity index (χ3n) is 4.32. The van der Waals surface area contributed by atoms with Gasteiger partial charge in [-0.1, -0.05) is 18.2 Å². The summed E-state index contributed by atoms with van der Waals surface area (Å²) in [5, 5.41) is 10.1. The molecule has 26 heavy (non-hydrogen) atoms. The van der Waals surface area contributed by atoms with Crippen LogP contribution in [0.3, 0.4) is 0 Å². The van der Waals surface area contributed by atoms with Gasteiger partial charge in [-0.15, -0.1) is 5.10 Å². The summed E-state index contributed by atoms with van der Waals surface area (Å²) in [5.74, 6) is 0.532. The number of nitrogens with zero attached hydrogens (tertiary/aromatic N) is 4. The number of benzene rings is 1. The minimum atomic E-state index is -0.355. The van der Waals surface area contributed by atoms with Gasteiger partial charge in [0, 0.05) is 17.1 Å². The number of amides is 2. The largest absolute Gasteiger partial charge is 0.348 e. The molecule has 3 aromatic rings. The molecular formula is C18H18N6O2. The molecule has 1 aliphatic heterocycles. The molecule has 2 aromatic heterocycles. The van der Waals surface area contributed by atoms with E-state index < -0.39 is 0 Å². The maximum Gasteiger partial charge on any atom is 0.252 e. The molecule has 1 aliphatic rings. The smallest absolute Gasteiger partial charge is 0.252 e. The minimum absolute atomic E-state index is 0.0299. The van der Waals surface area contributed by atoms with Crippen LogP contribution in [-0.4, -0.2) is 31.4 Å². The number of para-hydroxylation sites is 1. The number of aromatic nitrogens is 4. The lowest BCUT2D eigenvalue weighted by Gasteiger charge is -2.26.